The number of para-hydroxylation sites is 1. The van der Waals surface area contributed by atoms with E-state index in [1.165, 1.54) is 12.1 Å². The van der Waals surface area contributed by atoms with Crippen LogP contribution in [0, 0.1) is 17.1 Å². The monoisotopic (exact) mass is 256 g/mol. The third kappa shape index (κ3) is 2.90. The average Bonchev–Trinajstić information content (AvgIpc) is 2.47. The Morgan fingerprint density at radius 1 is 1.11 bits per heavy atom. The molecule has 4 heteroatoms. The molecule has 0 heterocycles. The van der Waals surface area contributed by atoms with Crippen LogP contribution in [0.2, 0.25) is 0 Å². The third-order valence-electron chi connectivity index (χ3n) is 2.78. The Morgan fingerprint density at radius 3 is 2.37 bits per heavy atom. The quantitative estimate of drug-likeness (QED) is 0.914. The first-order chi connectivity index (χ1) is 9.15. The molecule has 0 spiro atoms. The van der Waals surface area contributed by atoms with Crippen LogP contribution in [0.4, 0.5) is 4.39 Å². The summed E-state index contributed by atoms with van der Waals surface area (Å²) < 4.78 is 18.7. The summed E-state index contributed by atoms with van der Waals surface area (Å²) in [4.78, 5) is 0. The normalized spacial score (nSPS) is 13.3. The maximum absolute atomic E-state index is 13.4. The maximum atomic E-state index is 13.4. The molecule has 1 unspecified atom stereocenters. The molecule has 0 amide bonds. The van der Waals surface area contributed by atoms with E-state index < -0.39 is 11.4 Å². The second-order valence-corrected chi connectivity index (χ2v) is 4.17. The Balaban J connectivity index is 2.17. The van der Waals surface area contributed by atoms with E-state index in [1.54, 1.807) is 36.4 Å². The summed E-state index contributed by atoms with van der Waals surface area (Å²) in [5.74, 6) is -0.389. The van der Waals surface area contributed by atoms with Crippen LogP contribution >= 0.6 is 0 Å². The van der Waals surface area contributed by atoms with E-state index in [0.717, 1.165) is 0 Å². The molecule has 0 bridgehead atoms. The first kappa shape index (κ1) is 13.1. The largest absolute Gasteiger partial charge is 0.487 e. The minimum atomic E-state index is -1.30. The molecule has 2 N–H and O–H groups in total. The van der Waals surface area contributed by atoms with Gasteiger partial charge in [0.15, 0.2) is 17.1 Å². The molecule has 0 aliphatic rings. The second kappa shape index (κ2) is 5.51. The van der Waals surface area contributed by atoms with Gasteiger partial charge in [0.2, 0.25) is 0 Å². The zero-order valence-corrected chi connectivity index (χ0v) is 10.2. The molecule has 0 fully saturated rings. The zero-order chi connectivity index (χ0) is 13.7. The highest BCUT2D eigenvalue weighted by atomic mass is 19.1. The highest BCUT2D eigenvalue weighted by molar-refractivity contribution is 5.32. The predicted molar refractivity (Wildman–Crippen MR) is 69.8 cm³/mol. The van der Waals surface area contributed by atoms with Crippen LogP contribution in [-0.2, 0) is 5.54 Å². The number of nitrogens with zero attached hydrogens (tertiary/aromatic N) is 1. The van der Waals surface area contributed by atoms with Gasteiger partial charge in [-0.2, -0.15) is 5.26 Å². The van der Waals surface area contributed by atoms with E-state index in [2.05, 4.69) is 0 Å². The van der Waals surface area contributed by atoms with Gasteiger partial charge in [-0.3, -0.25) is 0 Å². The lowest BCUT2D eigenvalue weighted by molar-refractivity contribution is 0.245. The summed E-state index contributed by atoms with van der Waals surface area (Å²) in [6.07, 6.45) is 0. The molecule has 0 aliphatic carbocycles. The smallest absolute Gasteiger partial charge is 0.165 e. The number of hydrogen-bond donors (Lipinski definition) is 1. The molecule has 1 atom stereocenters. The summed E-state index contributed by atoms with van der Waals surface area (Å²) in [5, 5.41) is 9.24. The van der Waals surface area contributed by atoms with Crippen molar-refractivity contribution in [1.82, 2.24) is 0 Å². The molecule has 2 rings (SSSR count). The number of benzene rings is 2. The number of rotatable bonds is 4. The summed E-state index contributed by atoms with van der Waals surface area (Å²) in [6.45, 7) is -0.117. The van der Waals surface area contributed by atoms with Crippen molar-refractivity contribution < 1.29 is 9.13 Å². The van der Waals surface area contributed by atoms with Gasteiger partial charge in [-0.25, -0.2) is 4.39 Å². The van der Waals surface area contributed by atoms with E-state index in [-0.39, 0.29) is 12.4 Å². The maximum Gasteiger partial charge on any atom is 0.165 e. The fourth-order valence-corrected chi connectivity index (χ4v) is 1.67. The predicted octanol–water partition coefficient (Wildman–Crippen LogP) is 2.58. The highest BCUT2D eigenvalue weighted by Gasteiger charge is 2.28. The molecule has 19 heavy (non-hydrogen) atoms. The topological polar surface area (TPSA) is 59.0 Å². The molecule has 0 aliphatic heterocycles. The molecule has 0 saturated carbocycles. The molecule has 2 aromatic rings. The number of halogens is 1. The Hall–Kier alpha value is -2.38. The van der Waals surface area contributed by atoms with E-state index >= 15 is 0 Å². The van der Waals surface area contributed by atoms with Crippen LogP contribution in [0.15, 0.2) is 54.6 Å². The first-order valence-electron chi connectivity index (χ1n) is 5.79. The summed E-state index contributed by atoms with van der Waals surface area (Å²) in [7, 11) is 0. The van der Waals surface area contributed by atoms with E-state index in [4.69, 9.17) is 10.5 Å². The van der Waals surface area contributed by atoms with Crippen molar-refractivity contribution >= 4 is 0 Å². The van der Waals surface area contributed by atoms with E-state index in [1.807, 2.05) is 12.1 Å². The lowest BCUT2D eigenvalue weighted by Crippen LogP contribution is -2.41. The van der Waals surface area contributed by atoms with Crippen LogP contribution in [0.3, 0.4) is 0 Å². The molecular formula is C15H13FN2O. The van der Waals surface area contributed by atoms with E-state index in [0.29, 0.717) is 5.56 Å². The van der Waals surface area contributed by atoms with Gasteiger partial charge in [0, 0.05) is 0 Å². The molecule has 0 radical (unpaired) electrons. The van der Waals surface area contributed by atoms with Crippen molar-refractivity contribution in [3.63, 3.8) is 0 Å². The SMILES string of the molecule is N#CC(N)(COc1ccccc1F)c1ccccc1. The third-order valence-corrected chi connectivity index (χ3v) is 2.78. The molecule has 0 saturated heterocycles. The number of nitriles is 1. The number of nitrogens with two attached hydrogens (primary N) is 1. The molecule has 3 nitrogen and oxygen atoms in total. The van der Waals surface area contributed by atoms with Crippen LogP contribution < -0.4 is 10.5 Å². The van der Waals surface area contributed by atoms with Gasteiger partial charge in [0.1, 0.15) is 6.61 Å². The van der Waals surface area contributed by atoms with Gasteiger partial charge >= 0.3 is 0 Å². The first-order valence-corrected chi connectivity index (χ1v) is 5.79. The molecular weight excluding hydrogens is 243 g/mol. The number of ether oxygens (including phenoxy) is 1. The zero-order valence-electron chi connectivity index (χ0n) is 10.2. The van der Waals surface area contributed by atoms with Crippen LogP contribution in [0.1, 0.15) is 5.56 Å². The van der Waals surface area contributed by atoms with Crippen LogP contribution in [-0.4, -0.2) is 6.61 Å². The van der Waals surface area contributed by atoms with Crippen LogP contribution in [0.5, 0.6) is 5.75 Å². The fourth-order valence-electron chi connectivity index (χ4n) is 1.67. The Bertz CT molecular complexity index is 595. The van der Waals surface area contributed by atoms with E-state index in [9.17, 15) is 9.65 Å². The van der Waals surface area contributed by atoms with Crippen molar-refractivity contribution in [3.8, 4) is 11.8 Å². The van der Waals surface area contributed by atoms with Gasteiger partial charge in [-0.1, -0.05) is 42.5 Å². The number of hydrogen-bond acceptors (Lipinski definition) is 3. The van der Waals surface area contributed by atoms with Crippen molar-refractivity contribution in [2.24, 2.45) is 5.73 Å². The standard InChI is InChI=1S/C15H13FN2O/c16-13-8-4-5-9-14(13)19-11-15(18,10-17)12-6-2-1-3-7-12/h1-9H,11,18H2. The Morgan fingerprint density at radius 2 is 1.74 bits per heavy atom. The van der Waals surface area contributed by atoms with Gasteiger partial charge < -0.3 is 10.5 Å². The Labute approximate surface area is 111 Å². The minimum Gasteiger partial charge on any atom is -0.487 e. The van der Waals surface area contributed by atoms with Gasteiger partial charge in [-0.15, -0.1) is 0 Å². The summed E-state index contributed by atoms with van der Waals surface area (Å²) >= 11 is 0. The minimum absolute atomic E-state index is 0.0866. The van der Waals surface area contributed by atoms with Crippen molar-refractivity contribution in [1.29, 1.82) is 5.26 Å². The average molecular weight is 256 g/mol. The lowest BCUT2D eigenvalue weighted by Gasteiger charge is -2.22. The Kier molecular flexibility index (Phi) is 3.79. The lowest BCUT2D eigenvalue weighted by atomic mass is 9.94. The summed E-state index contributed by atoms with van der Waals surface area (Å²) in [5.41, 5.74) is 5.34. The molecule has 2 aromatic carbocycles. The van der Waals surface area contributed by atoms with Gasteiger partial charge in [0.05, 0.1) is 6.07 Å². The van der Waals surface area contributed by atoms with Crippen LogP contribution in [0.25, 0.3) is 0 Å². The fraction of sp³-hybridized carbons (Fsp3) is 0.133. The van der Waals surface area contributed by atoms with Crippen molar-refractivity contribution in [2.75, 3.05) is 6.61 Å². The van der Waals surface area contributed by atoms with Gasteiger partial charge in [0.25, 0.3) is 0 Å². The summed E-state index contributed by atoms with van der Waals surface area (Å²) in [6, 6.07) is 16.9. The highest BCUT2D eigenvalue weighted by Crippen LogP contribution is 2.21. The molecule has 0 aromatic heterocycles. The second-order valence-electron chi connectivity index (χ2n) is 4.17. The van der Waals surface area contributed by atoms with Crippen molar-refractivity contribution in [2.45, 2.75) is 5.54 Å². The van der Waals surface area contributed by atoms with Crippen molar-refractivity contribution in [3.05, 3.63) is 66.0 Å². The molecule has 96 valence electrons. The van der Waals surface area contributed by atoms with Gasteiger partial charge in [-0.05, 0) is 17.7 Å².